The van der Waals surface area contributed by atoms with Crippen molar-refractivity contribution < 1.29 is 23.9 Å². The summed E-state index contributed by atoms with van der Waals surface area (Å²) in [6, 6.07) is 15.2. The molecule has 2 aromatic rings. The number of nitrogens with zero attached hydrogens (tertiary/aromatic N) is 2. The van der Waals surface area contributed by atoms with Gasteiger partial charge in [0.1, 0.15) is 19.8 Å². The highest BCUT2D eigenvalue weighted by molar-refractivity contribution is 6.10. The fourth-order valence-corrected chi connectivity index (χ4v) is 5.75. The van der Waals surface area contributed by atoms with E-state index in [0.717, 1.165) is 12.0 Å². The number of carbonyl (C=O) groups excluding carboxylic acids is 3. The van der Waals surface area contributed by atoms with Crippen molar-refractivity contribution in [3.8, 4) is 11.5 Å². The summed E-state index contributed by atoms with van der Waals surface area (Å²) in [6.45, 7) is 0.933. The molecule has 7 nitrogen and oxygen atoms in total. The first-order valence-electron chi connectivity index (χ1n) is 12.1. The summed E-state index contributed by atoms with van der Waals surface area (Å²) in [6.07, 6.45) is 8.81. The van der Waals surface area contributed by atoms with Crippen molar-refractivity contribution in [1.29, 1.82) is 0 Å². The Morgan fingerprint density at radius 3 is 2.34 bits per heavy atom. The number of rotatable bonds is 6. The first kappa shape index (κ1) is 21.6. The minimum absolute atomic E-state index is 0.115. The predicted molar refractivity (Wildman–Crippen MR) is 130 cm³/mol. The Balaban J connectivity index is 1.25. The van der Waals surface area contributed by atoms with Crippen molar-refractivity contribution in [3.63, 3.8) is 0 Å². The van der Waals surface area contributed by atoms with E-state index in [2.05, 4.69) is 12.2 Å². The van der Waals surface area contributed by atoms with Crippen LogP contribution in [0.25, 0.3) is 6.08 Å². The normalized spacial score (nSPS) is 26.0. The number of amides is 3. The van der Waals surface area contributed by atoms with E-state index < -0.39 is 0 Å². The lowest BCUT2D eigenvalue weighted by Gasteiger charge is -2.26. The molecule has 7 heteroatoms. The van der Waals surface area contributed by atoms with Gasteiger partial charge in [0.25, 0.3) is 0 Å². The van der Waals surface area contributed by atoms with Crippen LogP contribution in [0.3, 0.4) is 0 Å². The molecule has 2 aliphatic heterocycles. The lowest BCUT2D eigenvalue weighted by molar-refractivity contribution is -0.143. The molecule has 0 N–H and O–H groups in total. The third kappa shape index (κ3) is 3.81. The number of anilines is 1. The Morgan fingerprint density at radius 1 is 0.943 bits per heavy atom. The molecule has 1 saturated heterocycles. The second kappa shape index (κ2) is 8.73. The van der Waals surface area contributed by atoms with Crippen LogP contribution in [-0.2, 0) is 14.4 Å². The number of carbonyl (C=O) groups is 3. The monoisotopic (exact) mass is 470 g/mol. The Kier molecular flexibility index (Phi) is 5.40. The van der Waals surface area contributed by atoms with E-state index in [4.69, 9.17) is 9.47 Å². The zero-order valence-electron chi connectivity index (χ0n) is 19.2. The molecule has 2 aromatic carbocycles. The molecule has 178 valence electrons. The number of hydrogen-bond donors (Lipinski definition) is 0. The maximum Gasteiger partial charge on any atom is 0.247 e. The molecule has 4 unspecified atom stereocenters. The molecule has 2 heterocycles. The summed E-state index contributed by atoms with van der Waals surface area (Å²) >= 11 is 0. The molecule has 4 atom stereocenters. The molecule has 2 bridgehead atoms. The van der Waals surface area contributed by atoms with Crippen LogP contribution < -0.4 is 14.4 Å². The van der Waals surface area contributed by atoms with E-state index >= 15 is 0 Å². The van der Waals surface area contributed by atoms with Gasteiger partial charge in [0, 0.05) is 18.3 Å². The zero-order valence-corrected chi connectivity index (χ0v) is 19.2. The van der Waals surface area contributed by atoms with Gasteiger partial charge in [-0.1, -0.05) is 54.6 Å². The van der Waals surface area contributed by atoms with E-state index in [1.807, 2.05) is 42.5 Å². The lowest BCUT2D eigenvalue weighted by Crippen LogP contribution is -2.44. The third-order valence-corrected chi connectivity index (χ3v) is 7.39. The van der Waals surface area contributed by atoms with Gasteiger partial charge in [0.05, 0.1) is 11.8 Å². The highest BCUT2D eigenvalue weighted by Gasteiger charge is 2.59. The molecule has 2 aliphatic carbocycles. The van der Waals surface area contributed by atoms with Gasteiger partial charge in [-0.3, -0.25) is 19.3 Å². The minimum atomic E-state index is -0.318. The molecule has 35 heavy (non-hydrogen) atoms. The van der Waals surface area contributed by atoms with Crippen LogP contribution in [0, 0.1) is 23.7 Å². The maximum atomic E-state index is 13.6. The highest BCUT2D eigenvalue weighted by Crippen LogP contribution is 2.52. The predicted octanol–water partition coefficient (Wildman–Crippen LogP) is 3.31. The van der Waals surface area contributed by atoms with Crippen LogP contribution in [0.5, 0.6) is 11.5 Å². The molecular weight excluding hydrogens is 444 g/mol. The van der Waals surface area contributed by atoms with Crippen LogP contribution in [0.4, 0.5) is 5.69 Å². The molecule has 2 fully saturated rings. The van der Waals surface area contributed by atoms with E-state index in [0.29, 0.717) is 30.4 Å². The fourth-order valence-electron chi connectivity index (χ4n) is 5.75. The van der Waals surface area contributed by atoms with Gasteiger partial charge in [-0.05, 0) is 36.0 Å². The Hall–Kier alpha value is -3.87. The van der Waals surface area contributed by atoms with Crippen LogP contribution in [0.15, 0.2) is 66.8 Å². The summed E-state index contributed by atoms with van der Waals surface area (Å²) < 4.78 is 11.3. The number of benzene rings is 2. The molecule has 3 amide bonds. The molecule has 6 rings (SSSR count). The van der Waals surface area contributed by atoms with E-state index in [1.54, 1.807) is 23.1 Å². The Bertz CT molecular complexity index is 1210. The standard InChI is InChI=1S/C28H26N2O5/c31-24(17-30-27(32)25-19-8-9-20(15-19)26(25)28(30)33)29(12-4-7-18-5-2-1-3-6-18)21-10-11-22-23(16-21)35-14-13-34-22/h1-11,16,19-20,25-26H,12-15,17H2/b7-4+. The van der Waals surface area contributed by atoms with Crippen LogP contribution in [0.1, 0.15) is 12.0 Å². The topological polar surface area (TPSA) is 76.2 Å². The lowest BCUT2D eigenvalue weighted by atomic mass is 9.85. The second-order valence-corrected chi connectivity index (χ2v) is 9.41. The third-order valence-electron chi connectivity index (χ3n) is 7.39. The van der Waals surface area contributed by atoms with Gasteiger partial charge in [-0.25, -0.2) is 0 Å². The Labute approximate surface area is 203 Å². The number of imide groups is 1. The van der Waals surface area contributed by atoms with Gasteiger partial charge in [-0.2, -0.15) is 0 Å². The molecule has 1 saturated carbocycles. The van der Waals surface area contributed by atoms with Crippen LogP contribution in [0.2, 0.25) is 0 Å². The average molecular weight is 471 g/mol. The highest BCUT2D eigenvalue weighted by atomic mass is 16.6. The number of hydrogen-bond acceptors (Lipinski definition) is 5. The van der Waals surface area contributed by atoms with Crippen molar-refractivity contribution in [3.05, 3.63) is 72.3 Å². The van der Waals surface area contributed by atoms with Crippen molar-refractivity contribution in [2.24, 2.45) is 23.7 Å². The first-order chi connectivity index (χ1) is 17.1. The number of fused-ring (bicyclic) bond motifs is 6. The molecule has 0 radical (unpaired) electrons. The maximum absolute atomic E-state index is 13.6. The average Bonchev–Trinajstić information content (AvgIpc) is 3.57. The molecule has 0 aromatic heterocycles. The first-order valence-corrected chi connectivity index (χ1v) is 12.1. The van der Waals surface area contributed by atoms with Crippen molar-refractivity contribution in [1.82, 2.24) is 4.90 Å². The van der Waals surface area contributed by atoms with Gasteiger partial charge >= 0.3 is 0 Å². The summed E-state index contributed by atoms with van der Waals surface area (Å²) in [5.41, 5.74) is 1.64. The number of allylic oxidation sites excluding steroid dienone is 2. The van der Waals surface area contributed by atoms with Gasteiger partial charge in [0.2, 0.25) is 17.7 Å². The fraction of sp³-hybridized carbons (Fsp3) is 0.321. The number of likely N-dealkylation sites (tertiary alicyclic amines) is 1. The molecular formula is C28H26N2O5. The Morgan fingerprint density at radius 2 is 1.63 bits per heavy atom. The smallest absolute Gasteiger partial charge is 0.247 e. The quantitative estimate of drug-likeness (QED) is 0.478. The summed E-state index contributed by atoms with van der Waals surface area (Å²) in [5, 5.41) is 0. The second-order valence-electron chi connectivity index (χ2n) is 9.41. The van der Waals surface area contributed by atoms with Crippen molar-refractivity contribution in [2.75, 3.05) is 31.2 Å². The number of ether oxygens (including phenoxy) is 2. The van der Waals surface area contributed by atoms with Crippen molar-refractivity contribution in [2.45, 2.75) is 6.42 Å². The SMILES string of the molecule is O=C1C2C3C=CC(C3)C2C(=O)N1CC(=O)N(C/C=C/c1ccccc1)c1ccc2c(c1)OCCO2. The van der Waals surface area contributed by atoms with Crippen molar-refractivity contribution >= 4 is 29.5 Å². The van der Waals surface area contributed by atoms with Gasteiger partial charge in [-0.15, -0.1) is 0 Å². The molecule has 4 aliphatic rings. The van der Waals surface area contributed by atoms with E-state index in [9.17, 15) is 14.4 Å². The van der Waals surface area contributed by atoms with Gasteiger partial charge in [0.15, 0.2) is 11.5 Å². The van der Waals surface area contributed by atoms with E-state index in [-0.39, 0.29) is 54.5 Å². The largest absolute Gasteiger partial charge is 0.486 e. The summed E-state index contributed by atoms with van der Waals surface area (Å²) in [5.74, 6) is 0.0586. The van der Waals surface area contributed by atoms with Crippen LogP contribution >= 0.6 is 0 Å². The van der Waals surface area contributed by atoms with Crippen LogP contribution in [-0.4, -0.2) is 48.9 Å². The van der Waals surface area contributed by atoms with Gasteiger partial charge < -0.3 is 14.4 Å². The van der Waals surface area contributed by atoms with E-state index in [1.165, 1.54) is 4.90 Å². The minimum Gasteiger partial charge on any atom is -0.486 e. The zero-order chi connectivity index (χ0) is 23.9. The summed E-state index contributed by atoms with van der Waals surface area (Å²) in [4.78, 5) is 42.6. The summed E-state index contributed by atoms with van der Waals surface area (Å²) in [7, 11) is 0. The molecule has 0 spiro atoms.